The van der Waals surface area contributed by atoms with E-state index in [0.717, 1.165) is 78.0 Å². The maximum Gasteiger partial charge on any atom is 0.148 e. The Hall–Kier alpha value is -8.57. The van der Waals surface area contributed by atoms with Crippen LogP contribution in [0.4, 0.5) is 38.5 Å². The Morgan fingerprint density at radius 3 is 1.49 bits per heavy atom. The monoisotopic (exact) mass is 930 g/mol. The van der Waals surface area contributed by atoms with Crippen LogP contribution in [0.15, 0.2) is 255 Å². The molecule has 0 N–H and O–H groups in total. The third kappa shape index (κ3) is 8.02. The quantitative estimate of drug-likeness (QED) is 0.0996. The van der Waals surface area contributed by atoms with E-state index in [1.165, 1.54) is 32.1 Å². The summed E-state index contributed by atoms with van der Waals surface area (Å²) in [7, 11) is -1.48. The molecule has 4 heteroatoms. The number of halogens is 1. The molecule has 12 aromatic rings. The molecule has 2 nitrogen and oxygen atoms in total. The maximum atomic E-state index is 17.8. The van der Waals surface area contributed by atoms with Gasteiger partial charge in [-0.25, -0.2) is 4.39 Å². The lowest BCUT2D eigenvalue weighted by Crippen LogP contribution is -2.37. The van der Waals surface area contributed by atoms with Gasteiger partial charge in [0.15, 0.2) is 0 Å². The van der Waals surface area contributed by atoms with Crippen LogP contribution in [0.5, 0.6) is 0 Å². The van der Waals surface area contributed by atoms with Gasteiger partial charge in [-0.1, -0.05) is 213 Å². The van der Waals surface area contributed by atoms with Gasteiger partial charge in [-0.3, -0.25) is 0 Å². The van der Waals surface area contributed by atoms with Crippen molar-refractivity contribution in [3.63, 3.8) is 0 Å². The molecule has 0 bridgehead atoms. The topological polar surface area (TPSA) is 6.48 Å². The van der Waals surface area contributed by atoms with Crippen LogP contribution in [0.2, 0.25) is 19.6 Å². The first kappa shape index (κ1) is 43.7. The lowest BCUT2D eigenvalue weighted by molar-refractivity contribution is 0.630. The Morgan fingerprint density at radius 2 is 0.817 bits per heavy atom. The van der Waals surface area contributed by atoms with E-state index >= 15 is 4.39 Å². The molecule has 0 heterocycles. The summed E-state index contributed by atoms with van der Waals surface area (Å²) in [6.45, 7) is 7.19. The molecular formula is C67H51FN2Si. The second-order valence-electron chi connectivity index (χ2n) is 19.4. The van der Waals surface area contributed by atoms with Gasteiger partial charge < -0.3 is 9.80 Å². The number of anilines is 6. The van der Waals surface area contributed by atoms with E-state index in [-0.39, 0.29) is 5.82 Å². The molecule has 0 fully saturated rings. The molecule has 71 heavy (non-hydrogen) atoms. The predicted octanol–water partition coefficient (Wildman–Crippen LogP) is 18.9. The molecule has 0 amide bonds. The molecular weight excluding hydrogens is 880 g/mol. The summed E-state index contributed by atoms with van der Waals surface area (Å²) in [5.74, 6) is -0.309. The van der Waals surface area contributed by atoms with Gasteiger partial charge in [0.1, 0.15) is 5.82 Å². The summed E-state index contributed by atoms with van der Waals surface area (Å²) in [5, 5.41) is 10.8. The van der Waals surface area contributed by atoms with Crippen molar-refractivity contribution in [2.45, 2.75) is 19.6 Å². The van der Waals surface area contributed by atoms with Crippen molar-refractivity contribution in [1.29, 1.82) is 0 Å². The number of hydrogen-bond donors (Lipinski definition) is 0. The highest BCUT2D eigenvalue weighted by molar-refractivity contribution is 6.88. The number of benzene rings is 12. The zero-order chi connectivity index (χ0) is 48.1. The van der Waals surface area contributed by atoms with Gasteiger partial charge in [0, 0.05) is 33.9 Å². The van der Waals surface area contributed by atoms with Gasteiger partial charge in [0.25, 0.3) is 0 Å². The van der Waals surface area contributed by atoms with E-state index in [1.807, 2.05) is 54.6 Å². The molecule has 0 atom stereocenters. The molecule has 0 radical (unpaired) electrons. The highest BCUT2D eigenvalue weighted by Crippen LogP contribution is 2.49. The minimum Gasteiger partial charge on any atom is -0.310 e. The van der Waals surface area contributed by atoms with Crippen LogP contribution >= 0.6 is 0 Å². The van der Waals surface area contributed by atoms with Gasteiger partial charge in [0.05, 0.1) is 19.4 Å². The largest absolute Gasteiger partial charge is 0.310 e. The summed E-state index contributed by atoms with van der Waals surface area (Å²) >= 11 is 0. The van der Waals surface area contributed by atoms with Crippen molar-refractivity contribution in [1.82, 2.24) is 0 Å². The minimum absolute atomic E-state index is 0.309. The summed E-state index contributed by atoms with van der Waals surface area (Å²) in [6, 6.07) is 89.7. The van der Waals surface area contributed by atoms with Crippen LogP contribution in [0.25, 0.3) is 76.5 Å². The Morgan fingerprint density at radius 1 is 0.324 bits per heavy atom. The standard InChI is InChI=1S/C67H51FN2Si/c1-71(2,3)55-37-33-52(34-38-55)69(51-26-14-7-15-27-51)53-35-40-57-49(42-53)32-39-61-59-41-36-54(45-63(59)58-29-16-17-30-60(58)66(57)61)70(65-31-19-18-28-56(65)47-22-10-5-11-23-47)67-62(48-24-12-6-13-25-48)43-50(44-64(67)68)46-20-8-4-9-21-46/h4-45H,1-3H3. The summed E-state index contributed by atoms with van der Waals surface area (Å²) in [6.07, 6.45) is 0. The fourth-order valence-corrected chi connectivity index (χ4v) is 11.7. The molecule has 0 aliphatic heterocycles. The maximum absolute atomic E-state index is 17.8. The molecule has 0 saturated carbocycles. The predicted molar refractivity (Wildman–Crippen MR) is 305 cm³/mol. The van der Waals surface area contributed by atoms with Crippen LogP contribution in [-0.4, -0.2) is 8.07 Å². The van der Waals surface area contributed by atoms with Gasteiger partial charge >= 0.3 is 0 Å². The Kier molecular flexibility index (Phi) is 11.1. The van der Waals surface area contributed by atoms with Crippen molar-refractivity contribution in [2.75, 3.05) is 9.80 Å². The smallest absolute Gasteiger partial charge is 0.148 e. The van der Waals surface area contributed by atoms with Crippen LogP contribution in [0.1, 0.15) is 0 Å². The average molecular weight is 931 g/mol. The fraction of sp³-hybridized carbons (Fsp3) is 0.0448. The molecule has 0 aliphatic carbocycles. The van der Waals surface area contributed by atoms with Crippen molar-refractivity contribution in [2.24, 2.45) is 0 Å². The highest BCUT2D eigenvalue weighted by Gasteiger charge is 2.26. The number of rotatable bonds is 10. The van der Waals surface area contributed by atoms with Crippen LogP contribution in [-0.2, 0) is 0 Å². The van der Waals surface area contributed by atoms with Gasteiger partial charge in [-0.05, 0) is 132 Å². The number of nitrogens with zero attached hydrogens (tertiary/aromatic N) is 2. The van der Waals surface area contributed by atoms with E-state index in [1.54, 1.807) is 6.07 Å². The van der Waals surface area contributed by atoms with Gasteiger partial charge in [-0.2, -0.15) is 0 Å². The first-order valence-electron chi connectivity index (χ1n) is 24.4. The first-order valence-corrected chi connectivity index (χ1v) is 27.9. The molecule has 12 aromatic carbocycles. The van der Waals surface area contributed by atoms with Gasteiger partial charge in [0.2, 0.25) is 0 Å². The second kappa shape index (κ2) is 18.1. The van der Waals surface area contributed by atoms with E-state index in [9.17, 15) is 0 Å². The third-order valence-electron chi connectivity index (χ3n) is 14.0. The SMILES string of the molecule is C[Si](C)(C)c1ccc(N(c2ccccc2)c2ccc3c(ccc4c5ccc(N(c6ccccc6-c6ccccc6)c6c(F)cc(-c7ccccc7)cc6-c6ccccc6)cc5c5ccccc5c34)c2)cc1. The van der Waals surface area contributed by atoms with Crippen LogP contribution in [0.3, 0.4) is 0 Å². The lowest BCUT2D eigenvalue weighted by Gasteiger charge is -2.31. The van der Waals surface area contributed by atoms with Crippen molar-refractivity contribution < 1.29 is 4.39 Å². The molecule has 0 aromatic heterocycles. The zero-order valence-electron chi connectivity index (χ0n) is 40.0. The molecule has 0 aliphatic rings. The molecule has 340 valence electrons. The Labute approximate surface area is 416 Å². The lowest BCUT2D eigenvalue weighted by atomic mass is 9.90. The summed E-state index contributed by atoms with van der Waals surface area (Å²) in [5.41, 5.74) is 11.1. The number of fused-ring (bicyclic) bond motifs is 8. The van der Waals surface area contributed by atoms with Crippen molar-refractivity contribution in [3.8, 4) is 33.4 Å². The molecule has 0 spiro atoms. The Bertz CT molecular complexity index is 3890. The Balaban J connectivity index is 1.07. The highest BCUT2D eigenvalue weighted by atomic mass is 28.3. The number of para-hydroxylation sites is 2. The number of hydrogen-bond acceptors (Lipinski definition) is 2. The van der Waals surface area contributed by atoms with E-state index in [4.69, 9.17) is 0 Å². The van der Waals surface area contributed by atoms with Crippen LogP contribution in [0, 0.1) is 5.82 Å². The van der Waals surface area contributed by atoms with Gasteiger partial charge in [-0.15, -0.1) is 0 Å². The summed E-state index contributed by atoms with van der Waals surface area (Å²) in [4.78, 5) is 4.51. The first-order chi connectivity index (χ1) is 34.8. The van der Waals surface area contributed by atoms with Crippen molar-refractivity contribution >= 4 is 90.5 Å². The molecule has 12 rings (SSSR count). The van der Waals surface area contributed by atoms with E-state index < -0.39 is 8.07 Å². The molecule has 0 unspecified atom stereocenters. The fourth-order valence-electron chi connectivity index (χ4n) is 10.6. The molecule has 0 saturated heterocycles. The second-order valence-corrected chi connectivity index (χ2v) is 24.5. The van der Waals surface area contributed by atoms with Crippen LogP contribution < -0.4 is 15.0 Å². The zero-order valence-corrected chi connectivity index (χ0v) is 41.0. The normalized spacial score (nSPS) is 11.7. The van der Waals surface area contributed by atoms with E-state index in [2.05, 4.69) is 224 Å². The summed E-state index contributed by atoms with van der Waals surface area (Å²) < 4.78 is 17.8. The third-order valence-corrected chi connectivity index (χ3v) is 16.1. The van der Waals surface area contributed by atoms with E-state index in [0.29, 0.717) is 5.69 Å². The van der Waals surface area contributed by atoms with Crippen molar-refractivity contribution in [3.05, 3.63) is 261 Å². The average Bonchev–Trinajstić information content (AvgIpc) is 3.42. The minimum atomic E-state index is -1.48.